The van der Waals surface area contributed by atoms with Crippen LogP contribution >= 0.6 is 0 Å². The molecule has 0 aliphatic heterocycles. The number of amides is 3. The number of carbonyl (C=O) groups excluding carboxylic acids is 3. The summed E-state index contributed by atoms with van der Waals surface area (Å²) < 4.78 is 34.8. The highest BCUT2D eigenvalue weighted by Gasteiger charge is 2.33. The van der Waals surface area contributed by atoms with Gasteiger partial charge in [0.1, 0.15) is 11.6 Å². The topological polar surface area (TPSA) is 131 Å². The van der Waals surface area contributed by atoms with Gasteiger partial charge in [-0.25, -0.2) is 10.2 Å². The largest absolute Gasteiger partial charge is 0.444 e. The van der Waals surface area contributed by atoms with Crippen molar-refractivity contribution in [2.45, 2.75) is 65.5 Å². The zero-order valence-corrected chi connectivity index (χ0v) is 22.3. The maximum Gasteiger partial charge on any atom is 0.408 e. The van der Waals surface area contributed by atoms with Crippen molar-refractivity contribution in [3.05, 3.63) is 48.0 Å². The van der Waals surface area contributed by atoms with E-state index in [1.807, 2.05) is 43.3 Å². The van der Waals surface area contributed by atoms with Crippen LogP contribution < -0.4 is 10.7 Å². The summed E-state index contributed by atoms with van der Waals surface area (Å²) >= 11 is 0. The Labute approximate surface area is 212 Å². The van der Waals surface area contributed by atoms with Crippen LogP contribution in [0.2, 0.25) is 0 Å². The molecule has 0 aromatic heterocycles. The number of nitrogens with zero attached hydrogens (tertiary/aromatic N) is 1. The normalized spacial score (nSPS) is 13.5. The molecular formula is C25H35N3O7S. The molecule has 0 fully saturated rings. The lowest BCUT2D eigenvalue weighted by Gasteiger charge is -2.26. The van der Waals surface area contributed by atoms with Gasteiger partial charge in [0.25, 0.3) is 11.8 Å². The van der Waals surface area contributed by atoms with Crippen molar-refractivity contribution in [2.24, 2.45) is 5.92 Å². The van der Waals surface area contributed by atoms with E-state index in [2.05, 4.69) is 14.9 Å². The van der Waals surface area contributed by atoms with Gasteiger partial charge in [0.2, 0.25) is 0 Å². The third kappa shape index (κ3) is 8.49. The first-order valence-electron chi connectivity index (χ1n) is 11.7. The third-order valence-electron chi connectivity index (χ3n) is 5.35. The van der Waals surface area contributed by atoms with Crippen LogP contribution in [-0.4, -0.2) is 49.5 Å². The first-order chi connectivity index (χ1) is 16.8. The van der Waals surface area contributed by atoms with Crippen LogP contribution in [-0.2, 0) is 35.2 Å². The maximum atomic E-state index is 13.2. The molecule has 2 N–H and O–H groups in total. The van der Waals surface area contributed by atoms with Crippen LogP contribution in [0.3, 0.4) is 0 Å². The molecule has 10 nitrogen and oxygen atoms in total. The minimum absolute atomic E-state index is 0.0103. The Bertz CT molecular complexity index is 1190. The number of hydrazine groups is 1. The number of fused-ring (bicyclic) bond motifs is 1. The Kier molecular flexibility index (Phi) is 9.83. The van der Waals surface area contributed by atoms with Crippen LogP contribution in [0.1, 0.15) is 53.0 Å². The second kappa shape index (κ2) is 12.2. The van der Waals surface area contributed by atoms with Gasteiger partial charge in [0.05, 0.1) is 7.11 Å². The smallest absolute Gasteiger partial charge is 0.408 e. The molecule has 2 rings (SSSR count). The number of benzene rings is 2. The molecule has 0 spiro atoms. The number of hydrogen-bond acceptors (Lipinski definition) is 7. The fourth-order valence-corrected chi connectivity index (χ4v) is 3.96. The lowest BCUT2D eigenvalue weighted by molar-refractivity contribution is -0.137. The minimum atomic E-state index is -4.59. The van der Waals surface area contributed by atoms with Gasteiger partial charge in [-0.1, -0.05) is 62.7 Å². The van der Waals surface area contributed by atoms with Crippen molar-refractivity contribution in [1.82, 2.24) is 15.2 Å². The molecule has 2 atom stereocenters. The zero-order valence-electron chi connectivity index (χ0n) is 21.5. The van der Waals surface area contributed by atoms with Crippen molar-refractivity contribution >= 4 is 39.0 Å². The number of carbonyl (C=O) groups is 3. The van der Waals surface area contributed by atoms with E-state index in [0.29, 0.717) is 12.0 Å². The molecule has 0 saturated heterocycles. The summed E-state index contributed by atoms with van der Waals surface area (Å²) in [7, 11) is -3.71. The van der Waals surface area contributed by atoms with Gasteiger partial charge in [-0.2, -0.15) is 8.42 Å². The molecule has 198 valence electrons. The van der Waals surface area contributed by atoms with E-state index in [4.69, 9.17) is 4.74 Å². The first kappa shape index (κ1) is 29.1. The van der Waals surface area contributed by atoms with E-state index >= 15 is 0 Å². The van der Waals surface area contributed by atoms with Crippen LogP contribution in [0.15, 0.2) is 42.5 Å². The number of ether oxygens (including phenoxy) is 1. The standard InChI is InChI=1S/C25H35N3O7S/c1-7-17(2)14-22(29)28(36(32,33)34-6)27-23(30)21(26-24(31)35-25(3,4)5)16-18-12-13-19-10-8-9-11-20(19)15-18/h8-13,15,17,21H,7,14,16H2,1-6H3,(H,26,31)(H,27,30)/t17-,21-/m0/s1. The Balaban J connectivity index is 2.35. The molecule has 0 bridgehead atoms. The molecule has 0 radical (unpaired) electrons. The van der Waals surface area contributed by atoms with Crippen molar-refractivity contribution in [1.29, 1.82) is 0 Å². The Hall–Kier alpha value is -3.18. The number of alkyl carbamates (subject to hydrolysis) is 1. The highest BCUT2D eigenvalue weighted by molar-refractivity contribution is 7.84. The van der Waals surface area contributed by atoms with Gasteiger partial charge in [0.15, 0.2) is 0 Å². The second-order valence-electron chi connectivity index (χ2n) is 9.56. The summed E-state index contributed by atoms with van der Waals surface area (Å²) in [6, 6.07) is 11.9. The lowest BCUT2D eigenvalue weighted by atomic mass is 10.0. The zero-order chi connectivity index (χ0) is 27.1. The molecule has 2 aromatic carbocycles. The molecule has 11 heteroatoms. The molecular weight excluding hydrogens is 486 g/mol. The summed E-state index contributed by atoms with van der Waals surface area (Å²) in [5, 5.41) is 4.41. The average Bonchev–Trinajstić information content (AvgIpc) is 2.80. The number of hydrogen-bond donors (Lipinski definition) is 2. The van der Waals surface area contributed by atoms with Crippen LogP contribution in [0.5, 0.6) is 0 Å². The molecule has 0 aliphatic rings. The number of nitrogens with one attached hydrogen (secondary N) is 2. The summed E-state index contributed by atoms with van der Waals surface area (Å²) in [5.41, 5.74) is 2.00. The van der Waals surface area contributed by atoms with E-state index in [-0.39, 0.29) is 23.2 Å². The SMILES string of the molecule is CC[C@H](C)CC(=O)N(NC(=O)[C@H](Cc1ccc2ccccc2c1)NC(=O)OC(C)(C)C)S(=O)(=O)OC. The average molecular weight is 522 g/mol. The Morgan fingerprint density at radius 1 is 1.06 bits per heavy atom. The highest BCUT2D eigenvalue weighted by Crippen LogP contribution is 2.18. The van der Waals surface area contributed by atoms with Crippen molar-refractivity contribution < 1.29 is 31.7 Å². The summed E-state index contributed by atoms with van der Waals surface area (Å²) in [6.45, 7) is 8.66. The molecule has 0 saturated carbocycles. The van der Waals surface area contributed by atoms with E-state index in [1.54, 1.807) is 33.8 Å². The van der Waals surface area contributed by atoms with Crippen molar-refractivity contribution in [3.8, 4) is 0 Å². The van der Waals surface area contributed by atoms with Crippen LogP contribution in [0.25, 0.3) is 10.8 Å². The number of rotatable bonds is 9. The quantitative estimate of drug-likeness (QED) is 0.483. The minimum Gasteiger partial charge on any atom is -0.444 e. The molecule has 3 amide bonds. The van der Waals surface area contributed by atoms with Crippen molar-refractivity contribution in [3.63, 3.8) is 0 Å². The van der Waals surface area contributed by atoms with Crippen LogP contribution in [0, 0.1) is 5.92 Å². The predicted octanol–water partition coefficient (Wildman–Crippen LogP) is 3.46. The Morgan fingerprint density at radius 3 is 2.28 bits per heavy atom. The third-order valence-corrected chi connectivity index (χ3v) is 6.52. The van der Waals surface area contributed by atoms with Gasteiger partial charge >= 0.3 is 16.4 Å². The van der Waals surface area contributed by atoms with Gasteiger partial charge in [-0.05, 0) is 43.0 Å². The molecule has 36 heavy (non-hydrogen) atoms. The fourth-order valence-electron chi connectivity index (χ4n) is 3.28. The second-order valence-corrected chi connectivity index (χ2v) is 11.1. The van der Waals surface area contributed by atoms with Crippen LogP contribution in [0.4, 0.5) is 4.79 Å². The van der Waals surface area contributed by atoms with Gasteiger partial charge in [-0.3, -0.25) is 13.8 Å². The summed E-state index contributed by atoms with van der Waals surface area (Å²) in [4.78, 5) is 38.5. The van der Waals surface area contributed by atoms with E-state index in [0.717, 1.165) is 17.9 Å². The molecule has 0 unspecified atom stereocenters. The highest BCUT2D eigenvalue weighted by atomic mass is 32.2. The van der Waals surface area contributed by atoms with Gasteiger partial charge in [-0.15, -0.1) is 4.41 Å². The van der Waals surface area contributed by atoms with Crippen molar-refractivity contribution in [2.75, 3.05) is 7.11 Å². The predicted molar refractivity (Wildman–Crippen MR) is 136 cm³/mol. The fraction of sp³-hybridized carbons (Fsp3) is 0.480. The molecule has 2 aromatic rings. The maximum absolute atomic E-state index is 13.2. The summed E-state index contributed by atoms with van der Waals surface area (Å²) in [6.07, 6.45) is -0.355. The van der Waals surface area contributed by atoms with Gasteiger partial charge in [0, 0.05) is 12.8 Å². The molecule has 0 aliphatic carbocycles. The summed E-state index contributed by atoms with van der Waals surface area (Å²) in [5.74, 6) is -1.91. The monoisotopic (exact) mass is 521 g/mol. The first-order valence-corrected chi connectivity index (χ1v) is 13.0. The Morgan fingerprint density at radius 2 is 1.69 bits per heavy atom. The van der Waals surface area contributed by atoms with E-state index < -0.39 is 39.9 Å². The van der Waals surface area contributed by atoms with E-state index in [1.165, 1.54) is 0 Å². The van der Waals surface area contributed by atoms with Gasteiger partial charge < -0.3 is 10.1 Å². The van der Waals surface area contributed by atoms with E-state index in [9.17, 15) is 22.8 Å². The molecule has 0 heterocycles. The lowest BCUT2D eigenvalue weighted by Crippen LogP contribution is -2.57.